The van der Waals surface area contributed by atoms with Crippen LogP contribution in [0.4, 0.5) is 11.4 Å². The quantitative estimate of drug-likeness (QED) is 0.476. The minimum atomic E-state index is -0.716. The molecule has 0 aromatic heterocycles. The highest BCUT2D eigenvalue weighted by Crippen LogP contribution is 2.21. The van der Waals surface area contributed by atoms with Gasteiger partial charge in [0.2, 0.25) is 0 Å². The third kappa shape index (κ3) is 4.66. The van der Waals surface area contributed by atoms with Crippen molar-refractivity contribution in [1.82, 2.24) is 0 Å². The lowest BCUT2D eigenvalue weighted by Gasteiger charge is -2.10. The van der Waals surface area contributed by atoms with E-state index in [4.69, 9.17) is 4.74 Å². The Balaban J connectivity index is 2.34. The zero-order chi connectivity index (χ0) is 19.3. The van der Waals surface area contributed by atoms with E-state index in [0.717, 1.165) is 17.7 Å². The second kappa shape index (κ2) is 8.24. The average Bonchev–Trinajstić information content (AvgIpc) is 2.61. The zero-order valence-corrected chi connectivity index (χ0v) is 14.8. The van der Waals surface area contributed by atoms with Crippen LogP contribution in [0.25, 0.3) is 0 Å². The summed E-state index contributed by atoms with van der Waals surface area (Å²) in [6, 6.07) is 10.8. The number of carbonyl (C=O) groups excluding carboxylic acids is 2. The van der Waals surface area contributed by atoms with Gasteiger partial charge < -0.3 is 10.1 Å². The van der Waals surface area contributed by atoms with E-state index in [0.29, 0.717) is 11.6 Å². The van der Waals surface area contributed by atoms with Crippen molar-refractivity contribution in [3.63, 3.8) is 0 Å². The summed E-state index contributed by atoms with van der Waals surface area (Å²) in [5.74, 6) is -0.965. The number of hydrogen-bond donors (Lipinski definition) is 1. The van der Waals surface area contributed by atoms with Crippen LogP contribution in [0, 0.1) is 10.1 Å². The molecule has 0 heterocycles. The average molecular weight is 356 g/mol. The van der Waals surface area contributed by atoms with Crippen molar-refractivity contribution in [2.45, 2.75) is 26.7 Å². The maximum absolute atomic E-state index is 12.5. The third-order valence-corrected chi connectivity index (χ3v) is 3.71. The first-order chi connectivity index (χ1) is 12.3. The number of esters is 1. The number of ether oxygens (including phenoxy) is 1. The molecule has 7 nitrogen and oxygen atoms in total. The van der Waals surface area contributed by atoms with Gasteiger partial charge in [-0.15, -0.1) is 0 Å². The normalized spacial score (nSPS) is 10.5. The molecule has 1 amide bonds. The van der Waals surface area contributed by atoms with Crippen LogP contribution in [-0.2, 0) is 4.74 Å². The molecule has 26 heavy (non-hydrogen) atoms. The number of anilines is 1. The van der Waals surface area contributed by atoms with Gasteiger partial charge >= 0.3 is 5.97 Å². The minimum absolute atomic E-state index is 0.0113. The van der Waals surface area contributed by atoms with Crippen LogP contribution in [0.15, 0.2) is 42.5 Å². The van der Waals surface area contributed by atoms with Crippen molar-refractivity contribution in [2.75, 3.05) is 11.9 Å². The fourth-order valence-electron chi connectivity index (χ4n) is 2.36. The molecular formula is C19H20N2O5. The van der Waals surface area contributed by atoms with E-state index in [9.17, 15) is 19.7 Å². The minimum Gasteiger partial charge on any atom is -0.462 e. The summed E-state index contributed by atoms with van der Waals surface area (Å²) in [6.45, 7) is 5.83. The summed E-state index contributed by atoms with van der Waals surface area (Å²) in [7, 11) is 0. The molecule has 2 rings (SSSR count). The van der Waals surface area contributed by atoms with E-state index < -0.39 is 16.8 Å². The first-order valence-electron chi connectivity index (χ1n) is 8.19. The van der Waals surface area contributed by atoms with Gasteiger partial charge in [0.15, 0.2) is 0 Å². The largest absolute Gasteiger partial charge is 0.462 e. The Morgan fingerprint density at radius 3 is 2.46 bits per heavy atom. The number of benzene rings is 2. The molecule has 0 aliphatic heterocycles. The number of nitro benzene ring substituents is 1. The number of nitro groups is 1. The lowest BCUT2D eigenvalue weighted by atomic mass is 10.0. The number of hydrogen-bond acceptors (Lipinski definition) is 5. The molecule has 2 aromatic carbocycles. The summed E-state index contributed by atoms with van der Waals surface area (Å²) in [5, 5.41) is 13.8. The van der Waals surface area contributed by atoms with Gasteiger partial charge in [0.25, 0.3) is 11.6 Å². The van der Waals surface area contributed by atoms with Gasteiger partial charge in [0.1, 0.15) is 0 Å². The number of rotatable bonds is 6. The molecule has 0 saturated heterocycles. The first kappa shape index (κ1) is 19.1. The summed E-state index contributed by atoms with van der Waals surface area (Å²) in [5.41, 5.74) is 1.25. The van der Waals surface area contributed by atoms with Gasteiger partial charge in [-0.2, -0.15) is 0 Å². The number of non-ortho nitro benzene ring substituents is 1. The van der Waals surface area contributed by atoms with Crippen molar-refractivity contribution in [3.8, 4) is 0 Å². The highest BCUT2D eigenvalue weighted by molar-refractivity contribution is 6.06. The van der Waals surface area contributed by atoms with E-state index in [-0.39, 0.29) is 23.4 Å². The van der Waals surface area contributed by atoms with Gasteiger partial charge in [-0.05, 0) is 36.6 Å². The number of carbonyl (C=O) groups is 2. The molecule has 2 aromatic rings. The Labute approximate surface area is 151 Å². The SMILES string of the molecule is CCOC(=O)c1cc(C(=O)Nc2cccc(C(C)C)c2)cc([N+](=O)[O-])c1. The lowest BCUT2D eigenvalue weighted by Crippen LogP contribution is -2.14. The molecule has 7 heteroatoms. The van der Waals surface area contributed by atoms with Crippen molar-refractivity contribution in [2.24, 2.45) is 0 Å². The molecule has 0 bridgehead atoms. The summed E-state index contributed by atoms with van der Waals surface area (Å²) >= 11 is 0. The maximum Gasteiger partial charge on any atom is 0.338 e. The second-order valence-electron chi connectivity index (χ2n) is 5.98. The third-order valence-electron chi connectivity index (χ3n) is 3.71. The molecule has 0 aliphatic rings. The van der Waals surface area contributed by atoms with Crippen LogP contribution in [0.5, 0.6) is 0 Å². The van der Waals surface area contributed by atoms with Crippen LogP contribution in [-0.4, -0.2) is 23.4 Å². The standard InChI is InChI=1S/C19H20N2O5/c1-4-26-19(23)15-8-14(10-17(11-15)21(24)25)18(22)20-16-7-5-6-13(9-16)12(2)3/h5-12H,4H2,1-3H3,(H,20,22). The van der Waals surface area contributed by atoms with E-state index in [1.54, 1.807) is 13.0 Å². The first-order valence-corrected chi connectivity index (χ1v) is 8.19. The van der Waals surface area contributed by atoms with E-state index in [2.05, 4.69) is 5.32 Å². The Hall–Kier alpha value is -3.22. The van der Waals surface area contributed by atoms with Gasteiger partial charge in [-0.1, -0.05) is 26.0 Å². The van der Waals surface area contributed by atoms with Crippen LogP contribution in [0.3, 0.4) is 0 Å². The summed E-state index contributed by atoms with van der Waals surface area (Å²) in [6.07, 6.45) is 0. The van der Waals surface area contributed by atoms with E-state index >= 15 is 0 Å². The van der Waals surface area contributed by atoms with Gasteiger partial charge in [0.05, 0.1) is 17.1 Å². The smallest absolute Gasteiger partial charge is 0.338 e. The van der Waals surface area contributed by atoms with Crippen LogP contribution >= 0.6 is 0 Å². The molecule has 0 atom stereocenters. The predicted octanol–water partition coefficient (Wildman–Crippen LogP) is 4.15. The Morgan fingerprint density at radius 1 is 1.15 bits per heavy atom. The Kier molecular flexibility index (Phi) is 6.06. The van der Waals surface area contributed by atoms with Gasteiger partial charge in [-0.3, -0.25) is 14.9 Å². The molecule has 1 N–H and O–H groups in total. The second-order valence-corrected chi connectivity index (χ2v) is 5.98. The van der Waals surface area contributed by atoms with E-state index in [1.807, 2.05) is 32.0 Å². The molecular weight excluding hydrogens is 336 g/mol. The highest BCUT2D eigenvalue weighted by Gasteiger charge is 2.19. The molecule has 0 unspecified atom stereocenters. The molecule has 136 valence electrons. The van der Waals surface area contributed by atoms with Crippen molar-refractivity contribution in [3.05, 3.63) is 69.3 Å². The van der Waals surface area contributed by atoms with Crippen LogP contribution < -0.4 is 5.32 Å². The highest BCUT2D eigenvalue weighted by atomic mass is 16.6. The molecule has 0 fully saturated rings. The van der Waals surface area contributed by atoms with Crippen LogP contribution in [0.1, 0.15) is 53.0 Å². The van der Waals surface area contributed by atoms with E-state index in [1.165, 1.54) is 6.07 Å². The fraction of sp³-hybridized carbons (Fsp3) is 0.263. The van der Waals surface area contributed by atoms with Crippen molar-refractivity contribution < 1.29 is 19.2 Å². The lowest BCUT2D eigenvalue weighted by molar-refractivity contribution is -0.384. The number of nitrogens with zero attached hydrogens (tertiary/aromatic N) is 1. The van der Waals surface area contributed by atoms with Gasteiger partial charge in [-0.25, -0.2) is 4.79 Å². The fourth-order valence-corrected chi connectivity index (χ4v) is 2.36. The number of amides is 1. The van der Waals surface area contributed by atoms with Crippen LogP contribution in [0.2, 0.25) is 0 Å². The topological polar surface area (TPSA) is 98.5 Å². The molecule has 0 spiro atoms. The zero-order valence-electron chi connectivity index (χ0n) is 14.8. The Morgan fingerprint density at radius 2 is 1.85 bits per heavy atom. The monoisotopic (exact) mass is 356 g/mol. The number of nitrogens with one attached hydrogen (secondary N) is 1. The molecule has 0 radical (unpaired) electrons. The predicted molar refractivity (Wildman–Crippen MR) is 97.5 cm³/mol. The van der Waals surface area contributed by atoms with Crippen molar-refractivity contribution in [1.29, 1.82) is 0 Å². The summed E-state index contributed by atoms with van der Waals surface area (Å²) in [4.78, 5) is 34.9. The molecule has 0 saturated carbocycles. The van der Waals surface area contributed by atoms with Gasteiger partial charge in [0, 0.05) is 23.4 Å². The maximum atomic E-state index is 12.5. The van der Waals surface area contributed by atoms with Crippen molar-refractivity contribution >= 4 is 23.3 Å². The molecule has 0 aliphatic carbocycles. The Bertz CT molecular complexity index is 846. The summed E-state index contributed by atoms with van der Waals surface area (Å²) < 4.78 is 4.86.